The highest BCUT2D eigenvalue weighted by atomic mass is 16.5. The fourth-order valence-corrected chi connectivity index (χ4v) is 2.05. The van der Waals surface area contributed by atoms with Crippen LogP contribution in [0.15, 0.2) is 36.7 Å². The molecule has 7 heteroatoms. The number of carbonyl (C=O) groups excluding carboxylic acids is 1. The third kappa shape index (κ3) is 5.20. The molecule has 0 aliphatic heterocycles. The predicted octanol–water partition coefficient (Wildman–Crippen LogP) is 1.39. The molecular weight excluding hydrogens is 306 g/mol. The lowest BCUT2D eigenvalue weighted by atomic mass is 10.2. The van der Waals surface area contributed by atoms with Crippen molar-refractivity contribution >= 4 is 11.7 Å². The maximum absolute atomic E-state index is 11.9. The van der Waals surface area contributed by atoms with Gasteiger partial charge in [0, 0.05) is 25.2 Å². The van der Waals surface area contributed by atoms with Gasteiger partial charge in [0.25, 0.3) is 5.91 Å². The summed E-state index contributed by atoms with van der Waals surface area (Å²) in [4.78, 5) is 22.3. The topological polar surface area (TPSA) is 79.4 Å². The number of amides is 1. The number of ether oxygens (including phenoxy) is 1. The molecule has 0 radical (unpaired) electrons. The van der Waals surface area contributed by atoms with E-state index < -0.39 is 0 Å². The molecule has 0 saturated carbocycles. The van der Waals surface area contributed by atoms with Crippen LogP contribution in [0.25, 0.3) is 0 Å². The van der Waals surface area contributed by atoms with Crippen LogP contribution in [0.5, 0.6) is 5.75 Å². The Bertz CT molecular complexity index is 658. The first kappa shape index (κ1) is 17.7. The Morgan fingerprint density at radius 1 is 1.21 bits per heavy atom. The molecule has 0 atom stereocenters. The van der Waals surface area contributed by atoms with Gasteiger partial charge in [0.1, 0.15) is 17.3 Å². The molecule has 0 aliphatic carbocycles. The van der Waals surface area contributed by atoms with Gasteiger partial charge in [-0.3, -0.25) is 4.79 Å². The molecule has 0 spiro atoms. The molecule has 2 N–H and O–H groups in total. The van der Waals surface area contributed by atoms with Crippen molar-refractivity contribution in [1.29, 1.82) is 0 Å². The zero-order valence-corrected chi connectivity index (χ0v) is 14.2. The van der Waals surface area contributed by atoms with Gasteiger partial charge >= 0.3 is 0 Å². The van der Waals surface area contributed by atoms with E-state index in [-0.39, 0.29) is 5.91 Å². The molecule has 128 valence electrons. The van der Waals surface area contributed by atoms with Gasteiger partial charge in [0.15, 0.2) is 0 Å². The molecular formula is C17H23N5O2. The summed E-state index contributed by atoms with van der Waals surface area (Å²) in [6.45, 7) is 1.91. The van der Waals surface area contributed by atoms with E-state index in [0.717, 1.165) is 17.9 Å². The van der Waals surface area contributed by atoms with Gasteiger partial charge in [0.2, 0.25) is 0 Å². The molecule has 24 heavy (non-hydrogen) atoms. The number of carbonyl (C=O) groups is 1. The number of aromatic nitrogens is 2. The van der Waals surface area contributed by atoms with Crippen LogP contribution in [0.2, 0.25) is 0 Å². The van der Waals surface area contributed by atoms with E-state index in [1.54, 1.807) is 13.3 Å². The number of nitrogens with one attached hydrogen (secondary N) is 2. The molecule has 0 bridgehead atoms. The number of hydrogen-bond donors (Lipinski definition) is 2. The molecule has 1 heterocycles. The minimum absolute atomic E-state index is 0.222. The Hall–Kier alpha value is -2.67. The standard InChI is InChI=1S/C17H23N5O2/c1-22(2)9-8-18-17(23)14-11-21-16(12-19-14)20-10-13-6-4-5-7-15(13)24-3/h4-7,11-12H,8-10H2,1-3H3,(H,18,23)(H,20,21). The summed E-state index contributed by atoms with van der Waals surface area (Å²) in [5, 5.41) is 5.97. The molecule has 7 nitrogen and oxygen atoms in total. The van der Waals surface area contributed by atoms with Crippen molar-refractivity contribution in [2.45, 2.75) is 6.54 Å². The molecule has 2 rings (SSSR count). The number of likely N-dealkylation sites (N-methyl/N-ethyl adjacent to an activating group) is 1. The molecule has 0 unspecified atom stereocenters. The fourth-order valence-electron chi connectivity index (χ4n) is 2.05. The van der Waals surface area contributed by atoms with Gasteiger partial charge in [-0.2, -0.15) is 0 Å². The first-order valence-corrected chi connectivity index (χ1v) is 7.71. The summed E-state index contributed by atoms with van der Waals surface area (Å²) < 4.78 is 5.31. The van der Waals surface area contributed by atoms with Crippen LogP contribution in [0.3, 0.4) is 0 Å². The van der Waals surface area contributed by atoms with Crippen LogP contribution in [-0.4, -0.2) is 55.1 Å². The molecule has 0 saturated heterocycles. The van der Waals surface area contributed by atoms with E-state index in [1.807, 2.05) is 43.3 Å². The summed E-state index contributed by atoms with van der Waals surface area (Å²) in [6.07, 6.45) is 3.02. The normalized spacial score (nSPS) is 10.5. The number of methoxy groups -OCH3 is 1. The number of nitrogens with zero attached hydrogens (tertiary/aromatic N) is 3. The zero-order valence-electron chi connectivity index (χ0n) is 14.2. The van der Waals surface area contributed by atoms with Crippen molar-refractivity contribution in [3.63, 3.8) is 0 Å². The number of anilines is 1. The predicted molar refractivity (Wildman–Crippen MR) is 93.2 cm³/mol. The van der Waals surface area contributed by atoms with Crippen molar-refractivity contribution in [2.24, 2.45) is 0 Å². The monoisotopic (exact) mass is 329 g/mol. The molecule has 1 aromatic heterocycles. The quantitative estimate of drug-likeness (QED) is 0.762. The van der Waals surface area contributed by atoms with Crippen LogP contribution < -0.4 is 15.4 Å². The molecule has 0 aliphatic rings. The van der Waals surface area contributed by atoms with Gasteiger partial charge in [-0.25, -0.2) is 9.97 Å². The zero-order chi connectivity index (χ0) is 17.4. The maximum atomic E-state index is 11.9. The fraction of sp³-hybridized carbons (Fsp3) is 0.353. The summed E-state index contributed by atoms with van der Waals surface area (Å²) in [5.41, 5.74) is 1.32. The number of rotatable bonds is 8. The Morgan fingerprint density at radius 2 is 2.00 bits per heavy atom. The van der Waals surface area contributed by atoms with Crippen molar-refractivity contribution < 1.29 is 9.53 Å². The van der Waals surface area contributed by atoms with E-state index in [4.69, 9.17) is 4.74 Å². The molecule has 0 fully saturated rings. The smallest absolute Gasteiger partial charge is 0.271 e. The van der Waals surface area contributed by atoms with Crippen molar-refractivity contribution in [1.82, 2.24) is 20.2 Å². The van der Waals surface area contributed by atoms with Crippen LogP contribution in [0.4, 0.5) is 5.82 Å². The molecule has 2 aromatic rings. The SMILES string of the molecule is COc1ccccc1CNc1cnc(C(=O)NCCN(C)C)cn1. The van der Waals surface area contributed by atoms with E-state index >= 15 is 0 Å². The lowest BCUT2D eigenvalue weighted by molar-refractivity contribution is 0.0945. The van der Waals surface area contributed by atoms with Crippen molar-refractivity contribution in [3.8, 4) is 5.75 Å². The number of para-hydroxylation sites is 1. The summed E-state index contributed by atoms with van der Waals surface area (Å²) in [5.74, 6) is 1.20. The van der Waals surface area contributed by atoms with Crippen LogP contribution in [-0.2, 0) is 6.54 Å². The lowest BCUT2D eigenvalue weighted by Crippen LogP contribution is -2.31. The van der Waals surface area contributed by atoms with Gasteiger partial charge in [-0.15, -0.1) is 0 Å². The average molecular weight is 329 g/mol. The molecule has 1 amide bonds. The highest BCUT2D eigenvalue weighted by Crippen LogP contribution is 2.18. The first-order valence-electron chi connectivity index (χ1n) is 7.71. The molecule has 1 aromatic carbocycles. The van der Waals surface area contributed by atoms with E-state index in [9.17, 15) is 4.79 Å². The maximum Gasteiger partial charge on any atom is 0.271 e. The Labute approximate surface area is 142 Å². The highest BCUT2D eigenvalue weighted by Gasteiger charge is 2.08. The summed E-state index contributed by atoms with van der Waals surface area (Å²) in [6, 6.07) is 7.76. The Kier molecular flexibility index (Phi) is 6.51. The number of hydrogen-bond acceptors (Lipinski definition) is 6. The number of benzene rings is 1. The Morgan fingerprint density at radius 3 is 2.67 bits per heavy atom. The van der Waals surface area contributed by atoms with Crippen molar-refractivity contribution in [2.75, 3.05) is 39.6 Å². The van der Waals surface area contributed by atoms with E-state index in [0.29, 0.717) is 24.6 Å². The van der Waals surface area contributed by atoms with E-state index in [2.05, 4.69) is 20.6 Å². The first-order chi connectivity index (χ1) is 11.6. The highest BCUT2D eigenvalue weighted by molar-refractivity contribution is 5.91. The van der Waals surface area contributed by atoms with Crippen LogP contribution in [0.1, 0.15) is 16.1 Å². The minimum atomic E-state index is -0.222. The second kappa shape index (κ2) is 8.83. The van der Waals surface area contributed by atoms with E-state index in [1.165, 1.54) is 6.20 Å². The second-order valence-electron chi connectivity index (χ2n) is 5.51. The van der Waals surface area contributed by atoms with Gasteiger partial charge < -0.3 is 20.3 Å². The third-order valence-corrected chi connectivity index (χ3v) is 3.38. The van der Waals surface area contributed by atoms with Crippen LogP contribution >= 0.6 is 0 Å². The summed E-state index contributed by atoms with van der Waals surface area (Å²) in [7, 11) is 5.55. The third-order valence-electron chi connectivity index (χ3n) is 3.38. The van der Waals surface area contributed by atoms with Gasteiger partial charge in [-0.1, -0.05) is 18.2 Å². The van der Waals surface area contributed by atoms with Crippen LogP contribution in [0, 0.1) is 0 Å². The van der Waals surface area contributed by atoms with Crippen molar-refractivity contribution in [3.05, 3.63) is 47.9 Å². The Balaban J connectivity index is 1.89. The average Bonchev–Trinajstić information content (AvgIpc) is 2.60. The summed E-state index contributed by atoms with van der Waals surface area (Å²) >= 11 is 0. The lowest BCUT2D eigenvalue weighted by Gasteiger charge is -2.11. The largest absolute Gasteiger partial charge is 0.496 e. The van der Waals surface area contributed by atoms with Gasteiger partial charge in [0.05, 0.1) is 19.5 Å². The second-order valence-corrected chi connectivity index (χ2v) is 5.51. The minimum Gasteiger partial charge on any atom is -0.496 e. The van der Waals surface area contributed by atoms with Gasteiger partial charge in [-0.05, 0) is 20.2 Å².